The van der Waals surface area contributed by atoms with Crippen LogP contribution in [0.15, 0.2) is 52.6 Å². The van der Waals surface area contributed by atoms with Crippen LogP contribution in [0.25, 0.3) is 22.2 Å². The molecule has 0 saturated carbocycles. The normalized spacial score (nSPS) is 11.2. The molecule has 0 unspecified atom stereocenters. The first-order chi connectivity index (χ1) is 15.4. The molecule has 32 heavy (non-hydrogen) atoms. The molecule has 0 radical (unpaired) electrons. The number of aryl methyl sites for hydroxylation is 2. The molecule has 0 saturated heterocycles. The van der Waals surface area contributed by atoms with E-state index >= 15 is 0 Å². The number of anilines is 1. The number of carbonyl (C=O) groups is 1. The maximum absolute atomic E-state index is 12.6. The van der Waals surface area contributed by atoms with Gasteiger partial charge in [-0.25, -0.2) is 9.97 Å². The van der Waals surface area contributed by atoms with E-state index in [1.165, 1.54) is 22.5 Å². The number of likely N-dealkylation sites (N-methyl/N-ethyl adjacent to an activating group) is 1. The lowest BCUT2D eigenvalue weighted by Gasteiger charge is -2.18. The van der Waals surface area contributed by atoms with Gasteiger partial charge in [-0.1, -0.05) is 31.2 Å². The van der Waals surface area contributed by atoms with Gasteiger partial charge in [0.15, 0.2) is 5.13 Å². The maximum Gasteiger partial charge on any atom is 0.258 e. The zero-order valence-electron chi connectivity index (χ0n) is 18.3. The first-order valence-corrected chi connectivity index (χ1v) is 11.3. The van der Waals surface area contributed by atoms with Crippen LogP contribution >= 0.6 is 11.3 Å². The fourth-order valence-electron chi connectivity index (χ4n) is 3.43. The second-order valence-electron chi connectivity index (χ2n) is 7.72. The van der Waals surface area contributed by atoms with Gasteiger partial charge in [0.1, 0.15) is 5.82 Å². The van der Waals surface area contributed by atoms with E-state index in [0.29, 0.717) is 34.9 Å². The minimum atomic E-state index is -0.173. The Morgan fingerprint density at radius 3 is 2.72 bits per heavy atom. The van der Waals surface area contributed by atoms with Gasteiger partial charge >= 0.3 is 0 Å². The predicted molar refractivity (Wildman–Crippen MR) is 129 cm³/mol. The van der Waals surface area contributed by atoms with Gasteiger partial charge in [0, 0.05) is 10.9 Å². The monoisotopic (exact) mass is 447 g/mol. The first-order valence-electron chi connectivity index (χ1n) is 10.5. The highest BCUT2D eigenvalue weighted by Crippen LogP contribution is 2.26. The number of nitrogens with zero attached hydrogens (tertiary/aromatic N) is 3. The third-order valence-corrected chi connectivity index (χ3v) is 6.16. The molecule has 8 heteroatoms. The average molecular weight is 448 g/mol. The molecule has 4 aromatic rings. The van der Waals surface area contributed by atoms with Crippen molar-refractivity contribution < 1.29 is 4.79 Å². The number of amides is 1. The number of para-hydroxylation sites is 1. The van der Waals surface area contributed by atoms with Crippen LogP contribution in [0.2, 0.25) is 0 Å². The van der Waals surface area contributed by atoms with Crippen LogP contribution in [0.3, 0.4) is 0 Å². The molecule has 0 atom stereocenters. The van der Waals surface area contributed by atoms with Crippen LogP contribution in [0.4, 0.5) is 5.13 Å². The number of hydrogen-bond donors (Lipinski definition) is 2. The molecule has 0 aliphatic carbocycles. The molecule has 4 rings (SSSR count). The van der Waals surface area contributed by atoms with Crippen molar-refractivity contribution in [3.05, 3.63) is 75.1 Å². The maximum atomic E-state index is 12.6. The molecule has 1 amide bonds. The average Bonchev–Trinajstić information content (AvgIpc) is 3.23. The van der Waals surface area contributed by atoms with Gasteiger partial charge in [0.25, 0.3) is 5.56 Å². The standard InChI is InChI=1S/C24H25N5O2S/c1-4-29(12-21-25-19-8-6-5-7-18(19)23(31)27-21)13-22(30)28-24-26-20(14-32-24)17-10-9-15(2)16(3)11-17/h5-11,14H,4,12-13H2,1-3H3,(H,25,27,31)(H,26,28,30). The molecule has 0 fully saturated rings. The van der Waals surface area contributed by atoms with E-state index < -0.39 is 0 Å². The Morgan fingerprint density at radius 1 is 1.12 bits per heavy atom. The highest BCUT2D eigenvalue weighted by atomic mass is 32.1. The molecule has 2 heterocycles. The van der Waals surface area contributed by atoms with Gasteiger partial charge < -0.3 is 10.3 Å². The van der Waals surface area contributed by atoms with Gasteiger partial charge in [0.05, 0.1) is 29.7 Å². The SMILES string of the molecule is CCN(CC(=O)Nc1nc(-c2ccc(C)c(C)c2)cs1)Cc1nc2ccccc2c(=O)[nH]1. The molecule has 2 N–H and O–H groups in total. The predicted octanol–water partition coefficient (Wildman–Crippen LogP) is 4.12. The molecule has 2 aromatic carbocycles. The lowest BCUT2D eigenvalue weighted by Crippen LogP contribution is -2.33. The summed E-state index contributed by atoms with van der Waals surface area (Å²) >= 11 is 1.40. The quantitative estimate of drug-likeness (QED) is 0.445. The van der Waals surface area contributed by atoms with Crippen LogP contribution in [0.5, 0.6) is 0 Å². The molecule has 2 aromatic heterocycles. The number of benzene rings is 2. The van der Waals surface area contributed by atoms with Gasteiger partial charge in [0.2, 0.25) is 5.91 Å². The number of thiazole rings is 1. The third-order valence-electron chi connectivity index (χ3n) is 5.40. The fourth-order valence-corrected chi connectivity index (χ4v) is 4.16. The Bertz CT molecular complexity index is 1330. The van der Waals surface area contributed by atoms with Crippen molar-refractivity contribution in [2.45, 2.75) is 27.3 Å². The number of H-pyrrole nitrogens is 1. The number of nitrogens with one attached hydrogen (secondary N) is 2. The molecular weight excluding hydrogens is 422 g/mol. The summed E-state index contributed by atoms with van der Waals surface area (Å²) < 4.78 is 0. The summed E-state index contributed by atoms with van der Waals surface area (Å²) in [6.45, 7) is 7.30. The second kappa shape index (κ2) is 9.42. The van der Waals surface area contributed by atoms with Crippen molar-refractivity contribution in [1.29, 1.82) is 0 Å². The smallest absolute Gasteiger partial charge is 0.258 e. The molecule has 7 nitrogen and oxygen atoms in total. The number of aromatic amines is 1. The van der Waals surface area contributed by atoms with Gasteiger partial charge in [-0.3, -0.25) is 14.5 Å². The zero-order valence-corrected chi connectivity index (χ0v) is 19.1. The summed E-state index contributed by atoms with van der Waals surface area (Å²) in [4.78, 5) is 38.7. The van der Waals surface area contributed by atoms with E-state index in [1.807, 2.05) is 41.5 Å². The number of aromatic nitrogens is 3. The molecule has 0 bridgehead atoms. The summed E-state index contributed by atoms with van der Waals surface area (Å²) in [7, 11) is 0. The Morgan fingerprint density at radius 2 is 1.94 bits per heavy atom. The summed E-state index contributed by atoms with van der Waals surface area (Å²) in [6.07, 6.45) is 0. The van der Waals surface area contributed by atoms with Crippen molar-refractivity contribution >= 4 is 33.3 Å². The molecule has 0 aliphatic rings. The minimum absolute atomic E-state index is 0.157. The Hall–Kier alpha value is -3.36. The summed E-state index contributed by atoms with van der Waals surface area (Å²) in [5.41, 5.74) is 4.80. The van der Waals surface area contributed by atoms with Crippen molar-refractivity contribution in [3.8, 4) is 11.3 Å². The summed E-state index contributed by atoms with van der Waals surface area (Å²) in [5.74, 6) is 0.380. The van der Waals surface area contributed by atoms with Crippen molar-refractivity contribution in [2.75, 3.05) is 18.4 Å². The summed E-state index contributed by atoms with van der Waals surface area (Å²) in [5, 5.41) is 5.95. The van der Waals surface area contributed by atoms with E-state index in [2.05, 4.69) is 46.2 Å². The van der Waals surface area contributed by atoms with E-state index in [-0.39, 0.29) is 18.0 Å². The minimum Gasteiger partial charge on any atom is -0.309 e. The lowest BCUT2D eigenvalue weighted by molar-refractivity contribution is -0.117. The number of fused-ring (bicyclic) bond motifs is 1. The van der Waals surface area contributed by atoms with Crippen molar-refractivity contribution in [2.24, 2.45) is 0 Å². The Balaban J connectivity index is 1.41. The number of rotatable bonds is 7. The van der Waals surface area contributed by atoms with Gasteiger partial charge in [-0.2, -0.15) is 0 Å². The van der Waals surface area contributed by atoms with Crippen LogP contribution in [-0.4, -0.2) is 38.8 Å². The highest BCUT2D eigenvalue weighted by molar-refractivity contribution is 7.14. The van der Waals surface area contributed by atoms with E-state index in [1.54, 1.807) is 6.07 Å². The van der Waals surface area contributed by atoms with E-state index in [0.717, 1.165) is 11.3 Å². The third kappa shape index (κ3) is 4.92. The lowest BCUT2D eigenvalue weighted by atomic mass is 10.1. The number of carbonyl (C=O) groups excluding carboxylic acids is 1. The summed E-state index contributed by atoms with van der Waals surface area (Å²) in [6, 6.07) is 13.4. The molecular formula is C24H25N5O2S. The van der Waals surface area contributed by atoms with E-state index in [4.69, 9.17) is 0 Å². The first kappa shape index (κ1) is 21.9. The van der Waals surface area contributed by atoms with E-state index in [9.17, 15) is 9.59 Å². The van der Waals surface area contributed by atoms with Crippen LogP contribution in [0.1, 0.15) is 23.9 Å². The fraction of sp³-hybridized carbons (Fsp3) is 0.250. The Kier molecular flexibility index (Phi) is 6.43. The number of hydrogen-bond acceptors (Lipinski definition) is 6. The highest BCUT2D eigenvalue weighted by Gasteiger charge is 2.14. The van der Waals surface area contributed by atoms with Gasteiger partial charge in [-0.15, -0.1) is 11.3 Å². The topological polar surface area (TPSA) is 91.0 Å². The van der Waals surface area contributed by atoms with Crippen molar-refractivity contribution in [3.63, 3.8) is 0 Å². The molecule has 0 aliphatic heterocycles. The van der Waals surface area contributed by atoms with Crippen LogP contribution < -0.4 is 10.9 Å². The molecule has 164 valence electrons. The largest absolute Gasteiger partial charge is 0.309 e. The van der Waals surface area contributed by atoms with Crippen LogP contribution in [0, 0.1) is 13.8 Å². The van der Waals surface area contributed by atoms with Gasteiger partial charge in [-0.05, 0) is 49.7 Å². The van der Waals surface area contributed by atoms with Crippen molar-refractivity contribution in [1.82, 2.24) is 19.9 Å². The Labute approximate surface area is 190 Å². The molecule has 0 spiro atoms. The zero-order chi connectivity index (χ0) is 22.7. The second-order valence-corrected chi connectivity index (χ2v) is 8.58. The van der Waals surface area contributed by atoms with Crippen LogP contribution in [-0.2, 0) is 11.3 Å².